The lowest BCUT2D eigenvalue weighted by Crippen LogP contribution is -1.88. The van der Waals surface area contributed by atoms with E-state index in [0.717, 1.165) is 0 Å². The Balaban J connectivity index is 1.37. The maximum atomic E-state index is 2.40. The molecule has 0 fully saturated rings. The van der Waals surface area contributed by atoms with Gasteiger partial charge in [-0.3, -0.25) is 0 Å². The van der Waals surface area contributed by atoms with Gasteiger partial charge in [0.15, 0.2) is 0 Å². The fraction of sp³-hybridized carbons (Fsp3) is 0. The first-order chi connectivity index (χ1) is 17.8. The highest BCUT2D eigenvalue weighted by molar-refractivity contribution is 6.17. The molecule has 0 heteroatoms. The molecule has 7 aromatic rings. The second kappa shape index (κ2) is 7.41. The highest BCUT2D eigenvalue weighted by Gasteiger charge is 2.22. The summed E-state index contributed by atoms with van der Waals surface area (Å²) in [5.41, 5.74) is 10.5. The fourth-order valence-corrected chi connectivity index (χ4v) is 6.13. The van der Waals surface area contributed by atoms with Gasteiger partial charge in [0.1, 0.15) is 0 Å². The van der Waals surface area contributed by atoms with E-state index >= 15 is 0 Å². The molecule has 8 rings (SSSR count). The van der Waals surface area contributed by atoms with Gasteiger partial charge >= 0.3 is 0 Å². The molecule has 0 radical (unpaired) electrons. The smallest absolute Gasteiger partial charge is 0.00259 e. The van der Waals surface area contributed by atoms with E-state index < -0.39 is 0 Å². The van der Waals surface area contributed by atoms with E-state index in [1.54, 1.807) is 0 Å². The SMILES string of the molecule is c1ccc2c(c1)-c1cccc3cc(-c4ccc(-c5ccc6ccccc6c5)c5ccccc45)cc-2c13. The fourth-order valence-electron chi connectivity index (χ4n) is 6.13. The zero-order valence-electron chi connectivity index (χ0n) is 19.7. The van der Waals surface area contributed by atoms with Crippen molar-refractivity contribution >= 4 is 32.3 Å². The third-order valence-electron chi connectivity index (χ3n) is 7.78. The molecule has 0 heterocycles. The minimum atomic E-state index is 1.26. The van der Waals surface area contributed by atoms with Crippen LogP contribution in [0.1, 0.15) is 0 Å². The highest BCUT2D eigenvalue weighted by atomic mass is 14.2. The van der Waals surface area contributed by atoms with Gasteiger partial charge in [-0.15, -0.1) is 0 Å². The monoisotopic (exact) mass is 454 g/mol. The van der Waals surface area contributed by atoms with Crippen molar-refractivity contribution < 1.29 is 0 Å². The van der Waals surface area contributed by atoms with Crippen LogP contribution >= 0.6 is 0 Å². The van der Waals surface area contributed by atoms with Gasteiger partial charge in [0.05, 0.1) is 0 Å². The maximum absolute atomic E-state index is 2.40. The van der Waals surface area contributed by atoms with E-state index in [1.165, 1.54) is 76.8 Å². The molecule has 36 heavy (non-hydrogen) atoms. The average molecular weight is 455 g/mol. The summed E-state index contributed by atoms with van der Waals surface area (Å²) >= 11 is 0. The molecule has 0 spiro atoms. The van der Waals surface area contributed by atoms with Crippen LogP contribution in [-0.2, 0) is 0 Å². The molecule has 0 atom stereocenters. The minimum Gasteiger partial charge on any atom is -0.0616 e. The lowest BCUT2D eigenvalue weighted by atomic mass is 9.89. The summed E-state index contributed by atoms with van der Waals surface area (Å²) in [6, 6.07) is 49.1. The second-order valence-electron chi connectivity index (χ2n) is 9.74. The van der Waals surface area contributed by atoms with Crippen LogP contribution in [0.5, 0.6) is 0 Å². The Morgan fingerprint density at radius 1 is 0.278 bits per heavy atom. The van der Waals surface area contributed by atoms with Gasteiger partial charge in [-0.1, -0.05) is 115 Å². The Bertz CT molecular complexity index is 1990. The molecule has 0 nitrogen and oxygen atoms in total. The van der Waals surface area contributed by atoms with Crippen LogP contribution < -0.4 is 0 Å². The Morgan fingerprint density at radius 2 is 0.861 bits per heavy atom. The summed E-state index contributed by atoms with van der Waals surface area (Å²) < 4.78 is 0. The molecule has 166 valence electrons. The summed E-state index contributed by atoms with van der Waals surface area (Å²) in [5, 5.41) is 7.80. The molecule has 0 saturated carbocycles. The first-order valence-corrected chi connectivity index (χ1v) is 12.5. The Labute approximate surface area is 210 Å². The van der Waals surface area contributed by atoms with Gasteiger partial charge in [0, 0.05) is 0 Å². The molecule has 0 saturated heterocycles. The molecule has 0 unspecified atom stereocenters. The van der Waals surface area contributed by atoms with E-state index in [2.05, 4.69) is 133 Å². The van der Waals surface area contributed by atoms with Crippen LogP contribution in [0, 0.1) is 0 Å². The third-order valence-corrected chi connectivity index (χ3v) is 7.78. The van der Waals surface area contributed by atoms with Crippen molar-refractivity contribution in [1.82, 2.24) is 0 Å². The van der Waals surface area contributed by atoms with Crippen LogP contribution in [0.2, 0.25) is 0 Å². The molecule has 1 aliphatic carbocycles. The van der Waals surface area contributed by atoms with E-state index in [4.69, 9.17) is 0 Å². The predicted octanol–water partition coefficient (Wildman–Crippen LogP) is 10.1. The van der Waals surface area contributed by atoms with Crippen molar-refractivity contribution in [1.29, 1.82) is 0 Å². The summed E-state index contributed by atoms with van der Waals surface area (Å²) in [7, 11) is 0. The molecule has 1 aliphatic rings. The van der Waals surface area contributed by atoms with Crippen molar-refractivity contribution in [3.05, 3.63) is 133 Å². The summed E-state index contributed by atoms with van der Waals surface area (Å²) in [6.07, 6.45) is 0. The molecular formula is C36H22. The van der Waals surface area contributed by atoms with Gasteiger partial charge in [-0.2, -0.15) is 0 Å². The number of fused-ring (bicyclic) bond motifs is 5. The van der Waals surface area contributed by atoms with E-state index in [-0.39, 0.29) is 0 Å². The molecule has 0 bridgehead atoms. The number of hydrogen-bond donors (Lipinski definition) is 0. The number of rotatable bonds is 2. The first-order valence-electron chi connectivity index (χ1n) is 12.5. The minimum absolute atomic E-state index is 1.26. The van der Waals surface area contributed by atoms with Crippen molar-refractivity contribution in [2.24, 2.45) is 0 Å². The van der Waals surface area contributed by atoms with Crippen LogP contribution in [-0.4, -0.2) is 0 Å². The highest BCUT2D eigenvalue weighted by Crippen LogP contribution is 2.49. The maximum Gasteiger partial charge on any atom is -0.00259 e. The van der Waals surface area contributed by atoms with Gasteiger partial charge in [0.25, 0.3) is 0 Å². The normalized spacial score (nSPS) is 11.9. The summed E-state index contributed by atoms with van der Waals surface area (Å²) in [4.78, 5) is 0. The van der Waals surface area contributed by atoms with Crippen LogP contribution in [0.4, 0.5) is 0 Å². The van der Waals surface area contributed by atoms with E-state index in [0.29, 0.717) is 0 Å². The van der Waals surface area contributed by atoms with Crippen molar-refractivity contribution in [2.45, 2.75) is 0 Å². The molecular weight excluding hydrogens is 432 g/mol. The molecule has 0 amide bonds. The van der Waals surface area contributed by atoms with Gasteiger partial charge in [-0.25, -0.2) is 0 Å². The molecule has 7 aromatic carbocycles. The molecule has 0 N–H and O–H groups in total. The summed E-state index contributed by atoms with van der Waals surface area (Å²) in [5.74, 6) is 0. The van der Waals surface area contributed by atoms with Crippen LogP contribution in [0.3, 0.4) is 0 Å². The largest absolute Gasteiger partial charge is 0.0616 e. The molecule has 0 aliphatic heterocycles. The van der Waals surface area contributed by atoms with E-state index in [9.17, 15) is 0 Å². The summed E-state index contributed by atoms with van der Waals surface area (Å²) in [6.45, 7) is 0. The standard InChI is InChI=1S/C36H22/c1-2-9-24-20-25(17-16-23(24)8-1)28-18-19-29(31-12-4-3-11-30(28)31)27-21-26-10-7-15-34-32-13-5-6-14-33(32)35(22-27)36(26)34/h1-22H. The zero-order valence-corrected chi connectivity index (χ0v) is 19.7. The lowest BCUT2D eigenvalue weighted by molar-refractivity contribution is 1.65. The number of benzene rings is 7. The molecule has 0 aromatic heterocycles. The van der Waals surface area contributed by atoms with Crippen molar-refractivity contribution in [3.63, 3.8) is 0 Å². The third kappa shape index (κ3) is 2.76. The van der Waals surface area contributed by atoms with Crippen LogP contribution in [0.25, 0.3) is 76.8 Å². The van der Waals surface area contributed by atoms with Gasteiger partial charge in [-0.05, 0) is 95.0 Å². The second-order valence-corrected chi connectivity index (χ2v) is 9.74. The average Bonchev–Trinajstić information content (AvgIpc) is 3.27. The van der Waals surface area contributed by atoms with Crippen molar-refractivity contribution in [2.75, 3.05) is 0 Å². The lowest BCUT2D eigenvalue weighted by Gasteiger charge is -2.14. The van der Waals surface area contributed by atoms with Gasteiger partial charge in [0.2, 0.25) is 0 Å². The number of hydrogen-bond acceptors (Lipinski definition) is 0. The van der Waals surface area contributed by atoms with Crippen LogP contribution in [0.15, 0.2) is 133 Å². The zero-order chi connectivity index (χ0) is 23.6. The Morgan fingerprint density at radius 3 is 1.67 bits per heavy atom. The quantitative estimate of drug-likeness (QED) is 0.244. The predicted molar refractivity (Wildman–Crippen MR) is 154 cm³/mol. The van der Waals surface area contributed by atoms with E-state index in [1.807, 2.05) is 0 Å². The Hall–Kier alpha value is -4.68. The first kappa shape index (κ1) is 19.6. The Kier molecular flexibility index (Phi) is 4.03. The van der Waals surface area contributed by atoms with Gasteiger partial charge < -0.3 is 0 Å². The van der Waals surface area contributed by atoms with Crippen molar-refractivity contribution in [3.8, 4) is 44.5 Å². The topological polar surface area (TPSA) is 0 Å².